The van der Waals surface area contributed by atoms with Crippen molar-refractivity contribution in [1.82, 2.24) is 15.0 Å². The monoisotopic (exact) mass is 432 g/mol. The lowest BCUT2D eigenvalue weighted by Gasteiger charge is -2.15. The molecule has 0 spiro atoms. The summed E-state index contributed by atoms with van der Waals surface area (Å²) in [4.78, 5) is 13.3. The van der Waals surface area contributed by atoms with E-state index in [2.05, 4.69) is 9.97 Å². The van der Waals surface area contributed by atoms with Gasteiger partial charge in [0.25, 0.3) is 0 Å². The van der Waals surface area contributed by atoms with Gasteiger partial charge in [0.2, 0.25) is 0 Å². The smallest absolute Gasteiger partial charge is 0.165 e. The van der Waals surface area contributed by atoms with Crippen LogP contribution in [-0.4, -0.2) is 42.9 Å². The van der Waals surface area contributed by atoms with Crippen molar-refractivity contribution in [2.24, 2.45) is 0 Å². The summed E-state index contributed by atoms with van der Waals surface area (Å²) in [7, 11) is 4.83. The summed E-state index contributed by atoms with van der Waals surface area (Å²) in [5.74, 6) is 2.95. The molecule has 0 amide bonds. The molecular weight excluding hydrogens is 408 g/mol. The van der Waals surface area contributed by atoms with E-state index in [0.29, 0.717) is 52.2 Å². The number of hydrogen-bond acceptors (Lipinski definition) is 8. The second-order valence-electron chi connectivity index (χ2n) is 6.88. The van der Waals surface area contributed by atoms with E-state index in [-0.39, 0.29) is 0 Å². The van der Waals surface area contributed by atoms with Crippen molar-refractivity contribution in [3.05, 3.63) is 48.8 Å². The highest BCUT2D eigenvalue weighted by molar-refractivity contribution is 6.01. The number of aromatic nitrogens is 3. The molecule has 0 saturated carbocycles. The van der Waals surface area contributed by atoms with Crippen LogP contribution in [0.15, 0.2) is 48.8 Å². The maximum absolute atomic E-state index is 6.24. The van der Waals surface area contributed by atoms with Gasteiger partial charge in [-0.3, -0.25) is 0 Å². The van der Waals surface area contributed by atoms with Gasteiger partial charge in [-0.15, -0.1) is 0 Å². The van der Waals surface area contributed by atoms with E-state index in [0.717, 1.165) is 16.7 Å². The molecule has 164 valence electrons. The molecule has 0 saturated heterocycles. The van der Waals surface area contributed by atoms with E-state index in [9.17, 15) is 0 Å². The van der Waals surface area contributed by atoms with Crippen molar-refractivity contribution in [3.63, 3.8) is 0 Å². The number of pyridine rings is 1. The lowest BCUT2D eigenvalue weighted by Crippen LogP contribution is -2.00. The zero-order valence-corrected chi connectivity index (χ0v) is 18.4. The van der Waals surface area contributed by atoms with Gasteiger partial charge in [0, 0.05) is 11.6 Å². The number of fused-ring (bicyclic) bond motifs is 1. The zero-order chi connectivity index (χ0) is 22.7. The molecule has 0 unspecified atom stereocenters. The maximum atomic E-state index is 6.24. The largest absolute Gasteiger partial charge is 0.497 e. The van der Waals surface area contributed by atoms with Crippen molar-refractivity contribution in [1.29, 1.82) is 0 Å². The molecule has 2 aromatic carbocycles. The Morgan fingerprint density at radius 2 is 1.62 bits per heavy atom. The van der Waals surface area contributed by atoms with Crippen LogP contribution in [0, 0.1) is 0 Å². The molecular formula is C24H24N4O4. The second-order valence-corrected chi connectivity index (χ2v) is 6.88. The fraction of sp³-hybridized carbons (Fsp3) is 0.208. The molecule has 0 fully saturated rings. The van der Waals surface area contributed by atoms with E-state index >= 15 is 0 Å². The summed E-state index contributed by atoms with van der Waals surface area (Å²) < 4.78 is 22.1. The molecule has 0 radical (unpaired) electrons. The van der Waals surface area contributed by atoms with Crippen molar-refractivity contribution < 1.29 is 18.9 Å². The number of nitrogen functional groups attached to an aromatic ring is 1. The predicted molar refractivity (Wildman–Crippen MR) is 123 cm³/mol. The Balaban J connectivity index is 1.97. The van der Waals surface area contributed by atoms with Gasteiger partial charge in [-0.25, -0.2) is 15.0 Å². The Labute approximate surface area is 186 Å². The van der Waals surface area contributed by atoms with Gasteiger partial charge in [-0.05, 0) is 48.4 Å². The number of ether oxygens (including phenoxy) is 4. The van der Waals surface area contributed by atoms with Gasteiger partial charge in [-0.2, -0.15) is 0 Å². The van der Waals surface area contributed by atoms with Gasteiger partial charge in [0.15, 0.2) is 17.1 Å². The van der Waals surface area contributed by atoms with Crippen molar-refractivity contribution in [3.8, 4) is 45.4 Å². The maximum Gasteiger partial charge on any atom is 0.165 e. The number of anilines is 1. The SMILES string of the molecule is CCOc1ccc(-c2cc(-c3ccc(OC)cc3OC)nc3ncnc(N)c23)cc1OC. The standard InChI is InChI=1S/C24H24N4O4/c1-5-32-19-9-6-14(10-21(19)31-4)17-12-18(28-24-22(17)23(25)26-13-27-24)16-8-7-15(29-2)11-20(16)30-3/h6-13H,5H2,1-4H3,(H2,25,26,27,28). The Kier molecular flexibility index (Phi) is 5.93. The Hall–Kier alpha value is -4.07. The highest BCUT2D eigenvalue weighted by Gasteiger charge is 2.17. The van der Waals surface area contributed by atoms with Crippen LogP contribution in [0.5, 0.6) is 23.0 Å². The number of benzene rings is 2. The summed E-state index contributed by atoms with van der Waals surface area (Å²) in [5.41, 5.74) is 9.89. The lowest BCUT2D eigenvalue weighted by molar-refractivity contribution is 0.311. The van der Waals surface area contributed by atoms with Crippen LogP contribution in [0.25, 0.3) is 33.4 Å². The number of hydrogen-bond donors (Lipinski definition) is 1. The summed E-state index contributed by atoms with van der Waals surface area (Å²) in [6, 6.07) is 13.2. The molecule has 2 N–H and O–H groups in total. The number of nitrogens with two attached hydrogens (primary N) is 1. The molecule has 0 atom stereocenters. The third kappa shape index (κ3) is 3.82. The van der Waals surface area contributed by atoms with Gasteiger partial charge in [0.05, 0.1) is 39.0 Å². The van der Waals surface area contributed by atoms with Gasteiger partial charge in [0.1, 0.15) is 23.6 Å². The third-order valence-corrected chi connectivity index (χ3v) is 5.09. The Bertz CT molecular complexity index is 1280. The highest BCUT2D eigenvalue weighted by Crippen LogP contribution is 2.40. The second kappa shape index (κ2) is 8.97. The van der Waals surface area contributed by atoms with Crippen LogP contribution in [0.3, 0.4) is 0 Å². The van der Waals surface area contributed by atoms with E-state index in [1.54, 1.807) is 21.3 Å². The first-order valence-corrected chi connectivity index (χ1v) is 10.0. The van der Waals surface area contributed by atoms with Crippen molar-refractivity contribution in [2.75, 3.05) is 33.7 Å². The molecule has 2 aromatic heterocycles. The molecule has 4 rings (SSSR count). The Morgan fingerprint density at radius 3 is 2.34 bits per heavy atom. The zero-order valence-electron chi connectivity index (χ0n) is 18.4. The van der Waals surface area contributed by atoms with Crippen LogP contribution in [0.1, 0.15) is 6.92 Å². The summed E-state index contributed by atoms with van der Waals surface area (Å²) >= 11 is 0. The molecule has 2 heterocycles. The lowest BCUT2D eigenvalue weighted by atomic mass is 9.99. The van der Waals surface area contributed by atoms with Crippen LogP contribution in [0.2, 0.25) is 0 Å². The average Bonchev–Trinajstić information content (AvgIpc) is 2.83. The fourth-order valence-corrected chi connectivity index (χ4v) is 3.57. The highest BCUT2D eigenvalue weighted by atomic mass is 16.5. The van der Waals surface area contributed by atoms with Crippen LogP contribution in [-0.2, 0) is 0 Å². The normalized spacial score (nSPS) is 10.8. The van der Waals surface area contributed by atoms with Gasteiger partial charge >= 0.3 is 0 Å². The first-order valence-electron chi connectivity index (χ1n) is 10.0. The van der Waals surface area contributed by atoms with E-state index in [1.807, 2.05) is 49.4 Å². The molecule has 32 heavy (non-hydrogen) atoms. The van der Waals surface area contributed by atoms with Gasteiger partial charge < -0.3 is 24.7 Å². The third-order valence-electron chi connectivity index (χ3n) is 5.09. The number of methoxy groups -OCH3 is 3. The first kappa shape index (κ1) is 21.2. The molecule has 0 aliphatic rings. The number of rotatable bonds is 7. The summed E-state index contributed by atoms with van der Waals surface area (Å²) in [6.07, 6.45) is 1.41. The minimum atomic E-state index is 0.346. The fourth-order valence-electron chi connectivity index (χ4n) is 3.57. The summed E-state index contributed by atoms with van der Waals surface area (Å²) in [5, 5.41) is 0.662. The van der Waals surface area contributed by atoms with Crippen LogP contribution in [0.4, 0.5) is 5.82 Å². The quantitative estimate of drug-likeness (QED) is 0.459. The van der Waals surface area contributed by atoms with E-state index < -0.39 is 0 Å². The first-order chi connectivity index (χ1) is 15.6. The molecule has 0 bridgehead atoms. The molecule has 0 aliphatic heterocycles. The van der Waals surface area contributed by atoms with Crippen molar-refractivity contribution >= 4 is 16.9 Å². The van der Waals surface area contributed by atoms with Crippen LogP contribution >= 0.6 is 0 Å². The number of nitrogens with zero attached hydrogens (tertiary/aromatic N) is 3. The minimum absolute atomic E-state index is 0.346. The molecule has 4 aromatic rings. The Morgan fingerprint density at radius 1 is 0.812 bits per heavy atom. The van der Waals surface area contributed by atoms with E-state index in [1.165, 1.54) is 6.33 Å². The topological polar surface area (TPSA) is 102 Å². The molecule has 0 aliphatic carbocycles. The average molecular weight is 432 g/mol. The van der Waals surface area contributed by atoms with Crippen LogP contribution < -0.4 is 24.7 Å². The van der Waals surface area contributed by atoms with Crippen molar-refractivity contribution in [2.45, 2.75) is 6.92 Å². The molecule has 8 heteroatoms. The summed E-state index contributed by atoms with van der Waals surface area (Å²) in [6.45, 7) is 2.46. The van der Waals surface area contributed by atoms with Gasteiger partial charge in [-0.1, -0.05) is 6.07 Å². The molecule has 8 nitrogen and oxygen atoms in total. The predicted octanol–water partition coefficient (Wildman–Crippen LogP) is 4.37. The minimum Gasteiger partial charge on any atom is -0.497 e. The van der Waals surface area contributed by atoms with E-state index in [4.69, 9.17) is 29.7 Å².